The molecule has 2 heterocycles. The van der Waals surface area contributed by atoms with Crippen molar-refractivity contribution >= 4 is 29.1 Å². The lowest BCUT2D eigenvalue weighted by Gasteiger charge is -2.30. The Kier molecular flexibility index (Phi) is 13.3. The summed E-state index contributed by atoms with van der Waals surface area (Å²) in [6.45, 7) is 2.69. The predicted molar refractivity (Wildman–Crippen MR) is 165 cm³/mol. The SMILES string of the molecule is CCC(F)(F)F.CN1C(=O)C(NC(=O)C(CCC(F)(F)F)CC(=O)NCN2CCC(N)CC2)N=C(c2ccccc2)c2ccccc21. The van der Waals surface area contributed by atoms with Gasteiger partial charge in [-0.05, 0) is 25.3 Å². The molecular formula is C32H40F6N6O3. The number of likely N-dealkylation sites (tertiary alicyclic amines) is 1. The molecule has 4 rings (SSSR count). The van der Waals surface area contributed by atoms with Crippen molar-refractivity contribution in [2.75, 3.05) is 31.7 Å². The van der Waals surface area contributed by atoms with Crippen LogP contribution in [0.15, 0.2) is 59.6 Å². The Morgan fingerprint density at radius 3 is 2.17 bits per heavy atom. The zero-order valence-corrected chi connectivity index (χ0v) is 26.2. The van der Waals surface area contributed by atoms with Crippen LogP contribution in [0.2, 0.25) is 0 Å². The third kappa shape index (κ3) is 12.0. The monoisotopic (exact) mass is 670 g/mol. The summed E-state index contributed by atoms with van der Waals surface area (Å²) in [5.41, 5.74) is 8.30. The summed E-state index contributed by atoms with van der Waals surface area (Å²) in [7, 11) is 1.55. The number of halogens is 6. The molecule has 0 bridgehead atoms. The van der Waals surface area contributed by atoms with E-state index in [9.17, 15) is 40.7 Å². The van der Waals surface area contributed by atoms with Gasteiger partial charge in [0.25, 0.3) is 5.91 Å². The number of fused-ring (bicyclic) bond motifs is 1. The summed E-state index contributed by atoms with van der Waals surface area (Å²) in [6.07, 6.45) is -11.3. The molecule has 4 N–H and O–H groups in total. The van der Waals surface area contributed by atoms with Gasteiger partial charge < -0.3 is 21.3 Å². The van der Waals surface area contributed by atoms with E-state index in [1.54, 1.807) is 25.2 Å². The van der Waals surface area contributed by atoms with Gasteiger partial charge in [-0.3, -0.25) is 19.3 Å². The minimum Gasteiger partial charge on any atom is -0.343 e. The number of benzene rings is 2. The minimum atomic E-state index is -4.51. The van der Waals surface area contributed by atoms with Crippen molar-refractivity contribution in [3.05, 3.63) is 65.7 Å². The standard InChI is InChI=1S/C29H35F3N6O3.C3H5F3/c1-37-23-10-6-5-9-22(23)25(19-7-3-2-4-8-19)35-26(28(37)41)36-27(40)20(11-14-29(30,31)32)17-24(39)34-18-38-15-12-21(33)13-16-38;1-2-3(4,5)6/h2-10,20-21,26H,11-18,33H2,1H3,(H,34,39)(H,36,40);2H2,1H3. The van der Waals surface area contributed by atoms with E-state index in [0.717, 1.165) is 19.8 Å². The van der Waals surface area contributed by atoms with Crippen LogP contribution in [0, 0.1) is 5.92 Å². The van der Waals surface area contributed by atoms with Crippen molar-refractivity contribution in [1.29, 1.82) is 0 Å². The van der Waals surface area contributed by atoms with Crippen molar-refractivity contribution in [2.24, 2.45) is 16.6 Å². The third-order valence-corrected chi connectivity index (χ3v) is 7.78. The van der Waals surface area contributed by atoms with Gasteiger partial charge >= 0.3 is 12.4 Å². The number of piperidine rings is 1. The molecule has 2 unspecified atom stereocenters. The summed E-state index contributed by atoms with van der Waals surface area (Å²) in [5, 5.41) is 5.24. The number of likely N-dealkylation sites (N-methyl/N-ethyl adjacent to an activating group) is 1. The molecule has 0 aliphatic carbocycles. The van der Waals surface area contributed by atoms with Crippen LogP contribution < -0.4 is 21.3 Å². The number of rotatable bonds is 9. The molecule has 47 heavy (non-hydrogen) atoms. The largest absolute Gasteiger partial charge is 0.389 e. The molecule has 0 spiro atoms. The molecular weight excluding hydrogens is 630 g/mol. The molecule has 0 aromatic heterocycles. The molecule has 1 fully saturated rings. The molecule has 258 valence electrons. The van der Waals surface area contributed by atoms with Crippen LogP contribution in [0.25, 0.3) is 0 Å². The lowest BCUT2D eigenvalue weighted by atomic mass is 9.97. The van der Waals surface area contributed by atoms with Crippen LogP contribution in [-0.4, -0.2) is 79.7 Å². The quantitative estimate of drug-likeness (QED) is 0.333. The van der Waals surface area contributed by atoms with Crippen molar-refractivity contribution in [2.45, 2.75) is 70.0 Å². The van der Waals surface area contributed by atoms with Crippen molar-refractivity contribution < 1.29 is 40.7 Å². The van der Waals surface area contributed by atoms with Crippen LogP contribution in [0.4, 0.5) is 32.0 Å². The van der Waals surface area contributed by atoms with Gasteiger partial charge in [0.1, 0.15) is 0 Å². The molecule has 2 atom stereocenters. The minimum absolute atomic E-state index is 0.112. The number of carbonyl (C=O) groups is 3. The van der Waals surface area contributed by atoms with E-state index in [0.29, 0.717) is 35.6 Å². The summed E-state index contributed by atoms with van der Waals surface area (Å²) in [4.78, 5) is 47.4. The number of amides is 3. The second-order valence-corrected chi connectivity index (χ2v) is 11.4. The summed E-state index contributed by atoms with van der Waals surface area (Å²) < 4.78 is 71.7. The number of hydrogen-bond donors (Lipinski definition) is 3. The maximum atomic E-state index is 13.4. The smallest absolute Gasteiger partial charge is 0.343 e. The molecule has 9 nitrogen and oxygen atoms in total. The number of nitrogens with two attached hydrogens (primary N) is 1. The topological polar surface area (TPSA) is 120 Å². The second kappa shape index (κ2) is 16.7. The highest BCUT2D eigenvalue weighted by Crippen LogP contribution is 2.29. The van der Waals surface area contributed by atoms with Gasteiger partial charge in [-0.1, -0.05) is 55.5 Å². The first-order chi connectivity index (χ1) is 22.1. The van der Waals surface area contributed by atoms with Gasteiger partial charge in [-0.25, -0.2) is 4.99 Å². The Balaban J connectivity index is 0.000000913. The van der Waals surface area contributed by atoms with Crippen LogP contribution in [-0.2, 0) is 14.4 Å². The number of nitrogens with one attached hydrogen (secondary N) is 2. The number of anilines is 1. The Morgan fingerprint density at radius 2 is 1.57 bits per heavy atom. The lowest BCUT2D eigenvalue weighted by Crippen LogP contribution is -2.49. The van der Waals surface area contributed by atoms with Gasteiger partial charge in [0.2, 0.25) is 18.0 Å². The molecule has 0 saturated carbocycles. The molecule has 2 aromatic rings. The Morgan fingerprint density at radius 1 is 0.979 bits per heavy atom. The van der Waals surface area contributed by atoms with Crippen molar-refractivity contribution in [1.82, 2.24) is 15.5 Å². The molecule has 2 aliphatic heterocycles. The zero-order chi connectivity index (χ0) is 34.8. The number of hydrogen-bond acceptors (Lipinski definition) is 6. The van der Waals surface area contributed by atoms with Gasteiger partial charge in [0.05, 0.1) is 18.1 Å². The van der Waals surface area contributed by atoms with E-state index < -0.39 is 67.8 Å². The van der Waals surface area contributed by atoms with E-state index in [-0.39, 0.29) is 12.7 Å². The third-order valence-electron chi connectivity index (χ3n) is 7.78. The van der Waals surface area contributed by atoms with Crippen molar-refractivity contribution in [3.63, 3.8) is 0 Å². The molecule has 3 amide bonds. The molecule has 0 radical (unpaired) electrons. The average Bonchev–Trinajstić information content (AvgIpc) is 3.13. The van der Waals surface area contributed by atoms with Crippen LogP contribution in [0.3, 0.4) is 0 Å². The highest BCUT2D eigenvalue weighted by atomic mass is 19.4. The highest BCUT2D eigenvalue weighted by Gasteiger charge is 2.35. The summed E-state index contributed by atoms with van der Waals surface area (Å²) >= 11 is 0. The van der Waals surface area contributed by atoms with E-state index in [4.69, 9.17) is 5.73 Å². The van der Waals surface area contributed by atoms with E-state index in [1.165, 1.54) is 4.90 Å². The summed E-state index contributed by atoms with van der Waals surface area (Å²) in [5.74, 6) is -3.26. The first-order valence-corrected chi connectivity index (χ1v) is 15.3. The Labute approximate surface area is 269 Å². The number of benzodiazepines with no additional fused rings is 1. The fourth-order valence-corrected chi connectivity index (χ4v) is 4.97. The summed E-state index contributed by atoms with van der Waals surface area (Å²) in [6, 6.07) is 16.3. The first kappa shape index (κ1) is 37.5. The maximum absolute atomic E-state index is 13.4. The Hall–Kier alpha value is -3.98. The highest BCUT2D eigenvalue weighted by molar-refractivity contribution is 6.20. The fourth-order valence-electron chi connectivity index (χ4n) is 4.97. The van der Waals surface area contributed by atoms with Crippen LogP contribution in [0.1, 0.15) is 56.6 Å². The van der Waals surface area contributed by atoms with Gasteiger partial charge in [-0.15, -0.1) is 0 Å². The second-order valence-electron chi connectivity index (χ2n) is 11.4. The fraction of sp³-hybridized carbons (Fsp3) is 0.500. The van der Waals surface area contributed by atoms with E-state index in [2.05, 4.69) is 15.6 Å². The van der Waals surface area contributed by atoms with Crippen LogP contribution >= 0.6 is 0 Å². The Bertz CT molecular complexity index is 1380. The normalized spacial score (nSPS) is 18.2. The van der Waals surface area contributed by atoms with E-state index >= 15 is 0 Å². The van der Waals surface area contributed by atoms with Crippen LogP contribution in [0.5, 0.6) is 0 Å². The molecule has 1 saturated heterocycles. The number of para-hydroxylation sites is 1. The maximum Gasteiger partial charge on any atom is 0.389 e. The average molecular weight is 671 g/mol. The van der Waals surface area contributed by atoms with Gasteiger partial charge in [-0.2, -0.15) is 26.3 Å². The van der Waals surface area contributed by atoms with Crippen molar-refractivity contribution in [3.8, 4) is 0 Å². The number of carbonyl (C=O) groups excluding carboxylic acids is 3. The molecule has 15 heteroatoms. The predicted octanol–water partition coefficient (Wildman–Crippen LogP) is 4.75. The van der Waals surface area contributed by atoms with Gasteiger partial charge in [0, 0.05) is 62.5 Å². The van der Waals surface area contributed by atoms with Gasteiger partial charge in [0.15, 0.2) is 0 Å². The number of nitrogens with zero attached hydrogens (tertiary/aromatic N) is 3. The number of alkyl halides is 6. The van der Waals surface area contributed by atoms with E-state index in [1.807, 2.05) is 41.3 Å². The number of aliphatic imine (C=N–C) groups is 1. The molecule has 2 aromatic carbocycles. The zero-order valence-electron chi connectivity index (χ0n) is 26.2. The lowest BCUT2D eigenvalue weighted by molar-refractivity contribution is -0.144. The first-order valence-electron chi connectivity index (χ1n) is 15.3. The molecule has 2 aliphatic rings.